The van der Waals surface area contributed by atoms with E-state index in [1.54, 1.807) is 19.1 Å². The first-order chi connectivity index (χ1) is 11.0. The Morgan fingerprint density at radius 3 is 2.21 bits per heavy atom. The van der Waals surface area contributed by atoms with Crippen LogP contribution in [0, 0.1) is 6.92 Å². The molecule has 24 heavy (non-hydrogen) atoms. The molecular formula is C14H12F6N2S2. The first-order valence-corrected chi connectivity index (χ1v) is 8.56. The van der Waals surface area contributed by atoms with Crippen molar-refractivity contribution in [1.29, 1.82) is 0 Å². The summed E-state index contributed by atoms with van der Waals surface area (Å²) in [5.41, 5.74) is 1.18. The van der Waals surface area contributed by atoms with Gasteiger partial charge in [0.05, 0.1) is 17.2 Å². The van der Waals surface area contributed by atoms with Crippen LogP contribution < -0.4 is 0 Å². The predicted octanol–water partition coefficient (Wildman–Crippen LogP) is 5.49. The Hall–Kier alpha value is -1.29. The maximum absolute atomic E-state index is 12.3. The van der Waals surface area contributed by atoms with Gasteiger partial charge in [0.15, 0.2) is 0 Å². The molecule has 0 atom stereocenters. The first kappa shape index (κ1) is 19.0. The Balaban J connectivity index is 2.13. The van der Waals surface area contributed by atoms with E-state index in [1.165, 1.54) is 23.0 Å². The number of thioether (sulfide) groups is 2. The molecule has 1 aromatic carbocycles. The predicted molar refractivity (Wildman–Crippen MR) is 81.9 cm³/mol. The second-order valence-electron chi connectivity index (χ2n) is 4.86. The van der Waals surface area contributed by atoms with Gasteiger partial charge in [-0.05, 0) is 30.7 Å². The number of aryl methyl sites for hydroxylation is 1. The molecule has 2 nitrogen and oxygen atoms in total. The lowest BCUT2D eigenvalue weighted by atomic mass is 10.2. The summed E-state index contributed by atoms with van der Waals surface area (Å²) in [5.74, 6) is -2.06. The van der Waals surface area contributed by atoms with Crippen molar-refractivity contribution in [3.8, 4) is 5.69 Å². The molecule has 0 bridgehead atoms. The highest BCUT2D eigenvalue weighted by atomic mass is 32.2. The van der Waals surface area contributed by atoms with Gasteiger partial charge in [-0.15, -0.1) is 11.8 Å². The van der Waals surface area contributed by atoms with Crippen LogP contribution in [0.1, 0.15) is 5.56 Å². The monoisotopic (exact) mass is 386 g/mol. The van der Waals surface area contributed by atoms with Crippen LogP contribution >= 0.6 is 23.5 Å². The van der Waals surface area contributed by atoms with Gasteiger partial charge in [-0.3, -0.25) is 0 Å². The van der Waals surface area contributed by atoms with Gasteiger partial charge in [-0.2, -0.15) is 31.4 Å². The number of alkyl halides is 6. The molecule has 0 fully saturated rings. The Morgan fingerprint density at radius 1 is 0.958 bits per heavy atom. The fourth-order valence-electron chi connectivity index (χ4n) is 1.73. The molecule has 1 heterocycles. The van der Waals surface area contributed by atoms with Crippen LogP contribution in [0.25, 0.3) is 5.69 Å². The fraction of sp³-hybridized carbons (Fsp3) is 0.357. The lowest BCUT2D eigenvalue weighted by Crippen LogP contribution is -2.11. The van der Waals surface area contributed by atoms with Crippen LogP contribution in [0.5, 0.6) is 0 Å². The minimum absolute atomic E-state index is 0.192. The topological polar surface area (TPSA) is 17.8 Å². The van der Waals surface area contributed by atoms with E-state index < -0.39 is 23.9 Å². The van der Waals surface area contributed by atoms with Gasteiger partial charge in [0, 0.05) is 11.1 Å². The Morgan fingerprint density at radius 2 is 1.58 bits per heavy atom. The van der Waals surface area contributed by atoms with Gasteiger partial charge in [0.2, 0.25) is 0 Å². The number of aromatic nitrogens is 2. The van der Waals surface area contributed by atoms with Crippen molar-refractivity contribution in [3.05, 3.63) is 36.0 Å². The van der Waals surface area contributed by atoms with E-state index in [4.69, 9.17) is 0 Å². The summed E-state index contributed by atoms with van der Waals surface area (Å²) < 4.78 is 75.0. The Kier molecular flexibility index (Phi) is 5.79. The van der Waals surface area contributed by atoms with E-state index >= 15 is 0 Å². The van der Waals surface area contributed by atoms with Gasteiger partial charge in [-0.1, -0.05) is 17.8 Å². The van der Waals surface area contributed by atoms with Gasteiger partial charge < -0.3 is 0 Å². The average Bonchev–Trinajstić information content (AvgIpc) is 2.91. The zero-order chi connectivity index (χ0) is 18.0. The largest absolute Gasteiger partial charge is 0.398 e. The highest BCUT2D eigenvalue weighted by Gasteiger charge is 2.28. The van der Waals surface area contributed by atoms with Crippen molar-refractivity contribution in [2.45, 2.75) is 29.2 Å². The van der Waals surface area contributed by atoms with Crippen LogP contribution in [-0.2, 0) is 0 Å². The lowest BCUT2D eigenvalue weighted by molar-refractivity contribution is -0.106. The van der Waals surface area contributed by atoms with E-state index in [2.05, 4.69) is 5.10 Å². The van der Waals surface area contributed by atoms with Crippen LogP contribution in [0.4, 0.5) is 26.3 Å². The highest BCUT2D eigenvalue weighted by molar-refractivity contribution is 7.99. The summed E-state index contributed by atoms with van der Waals surface area (Å²) in [7, 11) is 0. The number of halogens is 6. The molecular weight excluding hydrogens is 374 g/mol. The fourth-order valence-corrected chi connectivity index (χ4v) is 3.16. The van der Waals surface area contributed by atoms with E-state index in [9.17, 15) is 26.3 Å². The third kappa shape index (κ3) is 5.97. The Labute approximate surface area is 142 Å². The van der Waals surface area contributed by atoms with E-state index in [0.717, 1.165) is 0 Å². The van der Waals surface area contributed by atoms with Crippen molar-refractivity contribution in [2.24, 2.45) is 0 Å². The number of hydrogen-bond acceptors (Lipinski definition) is 3. The van der Waals surface area contributed by atoms with Crippen molar-refractivity contribution in [2.75, 3.05) is 11.5 Å². The summed E-state index contributed by atoms with van der Waals surface area (Å²) in [4.78, 5) is 0.449. The first-order valence-electron chi connectivity index (χ1n) is 6.59. The van der Waals surface area contributed by atoms with Gasteiger partial charge >= 0.3 is 12.4 Å². The van der Waals surface area contributed by atoms with Crippen LogP contribution in [0.15, 0.2) is 40.4 Å². The van der Waals surface area contributed by atoms with Gasteiger partial charge in [-0.25, -0.2) is 4.68 Å². The quantitative estimate of drug-likeness (QED) is 0.500. The third-order valence-electron chi connectivity index (χ3n) is 2.78. The van der Waals surface area contributed by atoms with Gasteiger partial charge in [0.1, 0.15) is 5.03 Å². The smallest absolute Gasteiger partial charge is 0.240 e. The molecule has 1 aromatic heterocycles. The van der Waals surface area contributed by atoms with E-state index in [-0.39, 0.29) is 5.03 Å². The summed E-state index contributed by atoms with van der Waals surface area (Å²) in [5, 5.41) is 4.20. The average molecular weight is 386 g/mol. The van der Waals surface area contributed by atoms with E-state index in [0.29, 0.717) is 39.7 Å². The molecule has 0 amide bonds. The SMILES string of the molecule is Cc1ccc(-n2ccc(SCC(F)(F)F)n2)cc1SCC(F)(F)F. The zero-order valence-corrected chi connectivity index (χ0v) is 13.9. The van der Waals surface area contributed by atoms with Crippen molar-refractivity contribution < 1.29 is 26.3 Å². The normalized spacial score (nSPS) is 12.6. The number of hydrogen-bond donors (Lipinski definition) is 0. The van der Waals surface area contributed by atoms with Crippen LogP contribution in [0.2, 0.25) is 0 Å². The number of rotatable bonds is 5. The summed E-state index contributed by atoms with van der Waals surface area (Å²) >= 11 is 1.22. The van der Waals surface area contributed by atoms with Crippen molar-refractivity contribution in [3.63, 3.8) is 0 Å². The standard InChI is InChI=1S/C14H12F6N2S2/c1-9-2-3-10(6-11(9)23-7-13(15,16)17)22-5-4-12(21-22)24-8-14(18,19)20/h2-6H,7-8H2,1H3. The number of benzene rings is 1. The van der Waals surface area contributed by atoms with E-state index in [1.807, 2.05) is 0 Å². The molecule has 0 unspecified atom stereocenters. The maximum Gasteiger partial charge on any atom is 0.398 e. The Bertz CT molecular complexity index is 693. The third-order valence-corrected chi connectivity index (χ3v) is 4.98. The summed E-state index contributed by atoms with van der Waals surface area (Å²) in [6.07, 6.45) is -7.10. The van der Waals surface area contributed by atoms with Crippen LogP contribution in [-0.4, -0.2) is 33.6 Å². The van der Waals surface area contributed by atoms with Gasteiger partial charge in [0.25, 0.3) is 0 Å². The maximum atomic E-state index is 12.3. The molecule has 0 aliphatic heterocycles. The van der Waals surface area contributed by atoms with Crippen molar-refractivity contribution in [1.82, 2.24) is 9.78 Å². The molecule has 0 saturated heterocycles. The molecule has 10 heteroatoms. The van der Waals surface area contributed by atoms with Crippen molar-refractivity contribution >= 4 is 23.5 Å². The molecule has 2 aromatic rings. The summed E-state index contributed by atoms with van der Waals surface area (Å²) in [6.45, 7) is 1.69. The molecule has 0 radical (unpaired) electrons. The molecule has 0 aliphatic carbocycles. The molecule has 0 N–H and O–H groups in total. The number of nitrogens with zero attached hydrogens (tertiary/aromatic N) is 2. The highest BCUT2D eigenvalue weighted by Crippen LogP contribution is 2.31. The second-order valence-corrected chi connectivity index (χ2v) is 6.87. The molecule has 0 spiro atoms. The molecule has 0 saturated carbocycles. The lowest BCUT2D eigenvalue weighted by Gasteiger charge is -2.10. The minimum Gasteiger partial charge on any atom is -0.240 e. The zero-order valence-electron chi connectivity index (χ0n) is 12.3. The van der Waals surface area contributed by atoms with Crippen LogP contribution in [0.3, 0.4) is 0 Å². The molecule has 132 valence electrons. The molecule has 2 rings (SSSR count). The molecule has 0 aliphatic rings. The second kappa shape index (κ2) is 7.30. The summed E-state index contributed by atoms with van der Waals surface area (Å²) in [6, 6.07) is 6.27. The minimum atomic E-state index is -4.29.